The number of hydrogen-bond acceptors (Lipinski definition) is 7. The third-order valence-corrected chi connectivity index (χ3v) is 25.5. The molecule has 6 aromatic rings. The molecule has 6 aromatic carbocycles. The van der Waals surface area contributed by atoms with E-state index in [0.717, 1.165) is 109 Å². The van der Waals surface area contributed by atoms with E-state index in [2.05, 4.69) is 119 Å². The fourth-order valence-corrected chi connectivity index (χ4v) is 16.0. The van der Waals surface area contributed by atoms with Crippen LogP contribution in [0.15, 0.2) is 97.1 Å². The van der Waals surface area contributed by atoms with E-state index >= 15 is 0 Å². The second-order valence-corrected chi connectivity index (χ2v) is 40.0. The molecule has 6 saturated carbocycles. The minimum atomic E-state index is -2.89. The topological polar surface area (TPSA) is 64.6 Å². The average Bonchev–Trinajstić information content (AvgIpc) is 0.754. The quantitative estimate of drug-likeness (QED) is 0.140. The van der Waals surface area contributed by atoms with Gasteiger partial charge in [0.25, 0.3) is 0 Å². The summed E-state index contributed by atoms with van der Waals surface area (Å²) in [6.07, 6.45) is 26.1. The number of halogens is 10. The lowest BCUT2D eigenvalue weighted by Gasteiger charge is -2.56. The molecular formula is C108H166F10O7. The van der Waals surface area contributed by atoms with Gasteiger partial charge in [-0.1, -0.05) is 167 Å². The summed E-state index contributed by atoms with van der Waals surface area (Å²) in [4.78, 5) is 0. The molecule has 710 valence electrons. The summed E-state index contributed by atoms with van der Waals surface area (Å²) in [6.45, 7) is 60.4. The van der Waals surface area contributed by atoms with Gasteiger partial charge in [-0.3, -0.25) is 0 Å². The van der Waals surface area contributed by atoms with Crippen LogP contribution in [0.5, 0.6) is 0 Å². The van der Waals surface area contributed by atoms with Gasteiger partial charge in [0, 0.05) is 36.2 Å². The van der Waals surface area contributed by atoms with E-state index in [1.165, 1.54) is 198 Å². The highest BCUT2D eigenvalue weighted by Gasteiger charge is 2.49. The van der Waals surface area contributed by atoms with Crippen molar-refractivity contribution in [1.29, 1.82) is 0 Å². The van der Waals surface area contributed by atoms with Gasteiger partial charge in [-0.05, 0) is 360 Å². The molecule has 0 N–H and O–H groups in total. The van der Waals surface area contributed by atoms with Crippen molar-refractivity contribution in [2.75, 3.05) is 39.6 Å². The van der Waals surface area contributed by atoms with Gasteiger partial charge >= 0.3 is 6.11 Å². The molecule has 17 rings (SSSR count). The van der Waals surface area contributed by atoms with Crippen LogP contribution in [0.2, 0.25) is 0 Å². The van der Waals surface area contributed by atoms with E-state index in [-0.39, 0.29) is 35.2 Å². The van der Waals surface area contributed by atoms with Crippen LogP contribution >= 0.6 is 0 Å². The zero-order chi connectivity index (χ0) is 94.3. The third-order valence-electron chi connectivity index (χ3n) is 25.5. The molecule has 2 bridgehead atoms. The normalized spacial score (nSPS) is 28.6. The SMILES string of the molecule is CC12CCC(C)(CC1)CC2.CC1CC2(C1)CC(C)C2.CC1CCC(C)C(F)(F)O1.CC1CCC(C)CC1.CC1CCC(C)OC1.CC1CCC(C)OC1.CC1COC(C)CO1.CC1COC(C)OC1.Cc1cc(F)c(C)c(F)c1.Cc1cc(F)c(C)c(F)c1.Cc1ccc(C)c(F)c1.Cc1ccc(C)c(F)c1.Cc1ccc(C)c(F)c1F.Cc1ccc(C)cc1. The lowest BCUT2D eigenvalue weighted by Crippen LogP contribution is -2.45. The summed E-state index contributed by atoms with van der Waals surface area (Å²) >= 11 is 0. The fraction of sp³-hybridized carbons (Fsp3) is 0.667. The number of ether oxygens (including phenoxy) is 7. The second-order valence-electron chi connectivity index (χ2n) is 40.0. The molecule has 8 atom stereocenters. The maximum absolute atomic E-state index is 12.6. The first kappa shape index (κ1) is 114. The van der Waals surface area contributed by atoms with Crippen LogP contribution in [0.25, 0.3) is 0 Å². The Bertz CT molecular complexity index is 3520. The van der Waals surface area contributed by atoms with Crippen LogP contribution in [0.1, 0.15) is 306 Å². The molecule has 17 heteroatoms. The Kier molecular flexibility index (Phi) is 51.6. The Hall–Kier alpha value is -5.66. The van der Waals surface area contributed by atoms with E-state index in [1.54, 1.807) is 58.9 Å². The number of aryl methyl sites for hydroxylation is 10. The van der Waals surface area contributed by atoms with Gasteiger partial charge in [0.2, 0.25) is 0 Å². The van der Waals surface area contributed by atoms with E-state index in [9.17, 15) is 43.9 Å². The summed E-state index contributed by atoms with van der Waals surface area (Å²) < 4.78 is 162. The molecule has 5 heterocycles. The van der Waals surface area contributed by atoms with Crippen molar-refractivity contribution in [2.45, 2.75) is 365 Å². The summed E-state index contributed by atoms with van der Waals surface area (Å²) in [7, 11) is 0. The fourth-order valence-electron chi connectivity index (χ4n) is 16.0. The summed E-state index contributed by atoms with van der Waals surface area (Å²) in [5, 5.41) is 0. The van der Waals surface area contributed by atoms with E-state index in [0.29, 0.717) is 70.1 Å². The van der Waals surface area contributed by atoms with Gasteiger partial charge < -0.3 is 33.2 Å². The largest absolute Gasteiger partial charge is 0.378 e. The van der Waals surface area contributed by atoms with Crippen LogP contribution in [-0.4, -0.2) is 82.6 Å². The molecule has 0 aromatic heterocycles. The zero-order valence-electron chi connectivity index (χ0n) is 82.3. The standard InChI is InChI=1S/C10H18.C9H16.3C8H8F2.2C8H9F.C8H16.C8H10.C7H12F2O.2C7H14O.2C6H12O2/c1-9-3-6-10(2,7-4-9)8-5-9;1-7-3-9(4-7)5-8(2)6-9;2*1-5-3-7(9)6(2)8(10)4-5;1-5-3-4-6(2)8(10)7(5)9;2*1-6-3-4-7(2)8(9)5-6;2*1-7-3-5-8(2)6-4-7;1-5-3-4-6(2)10-7(5,8)9;2*1-6-3-4-7(2)8-5-6;1-5-3-8-6(2)4-7-5;1-5-3-7-6(2)8-4-5/h3-8H2,1-2H3;7-8H,3-6H2,1-2H3;3*3-4H,1-2H3;2*3-5H,1-2H3;7-8H,3-6H2,1-2H3;3-6H,1-2H3;5-6H,3-4H2,1-2H3;2*6-7H,3-5H2,1-2H3;2*5-6H,3-4H2,1-2H3. The van der Waals surface area contributed by atoms with Gasteiger partial charge in [0.15, 0.2) is 17.9 Å². The van der Waals surface area contributed by atoms with Gasteiger partial charge in [0.05, 0.1) is 56.9 Å². The molecule has 6 aliphatic carbocycles. The van der Waals surface area contributed by atoms with E-state index in [1.807, 2.05) is 46.8 Å². The minimum Gasteiger partial charge on any atom is -0.378 e. The molecule has 1 spiro atoms. The second kappa shape index (κ2) is 56.8. The number of fused-ring (bicyclic) bond motifs is 3. The number of hydrogen-bond donors (Lipinski definition) is 0. The average molecular weight is 1770 g/mol. The smallest absolute Gasteiger partial charge is 0.358 e. The van der Waals surface area contributed by atoms with Crippen LogP contribution in [0.4, 0.5) is 43.9 Å². The summed E-state index contributed by atoms with van der Waals surface area (Å²) in [5.74, 6) is 2.09. The lowest BCUT2D eigenvalue weighted by atomic mass is 9.49. The Morgan fingerprint density at radius 1 is 0.264 bits per heavy atom. The molecular weight excluding hydrogens is 1600 g/mol. The number of rotatable bonds is 0. The maximum atomic E-state index is 12.6. The number of alkyl halides is 2. The van der Waals surface area contributed by atoms with Crippen LogP contribution < -0.4 is 0 Å². The van der Waals surface area contributed by atoms with Gasteiger partial charge in [0.1, 0.15) is 34.9 Å². The monoisotopic (exact) mass is 1770 g/mol. The zero-order valence-corrected chi connectivity index (χ0v) is 82.3. The van der Waals surface area contributed by atoms with Crippen LogP contribution in [0.3, 0.4) is 0 Å². The molecule has 11 fully saturated rings. The maximum Gasteiger partial charge on any atom is 0.358 e. The van der Waals surface area contributed by atoms with E-state index < -0.39 is 46.9 Å². The molecule has 7 nitrogen and oxygen atoms in total. The molecule has 0 amide bonds. The van der Waals surface area contributed by atoms with Crippen molar-refractivity contribution in [1.82, 2.24) is 0 Å². The van der Waals surface area contributed by atoms with Crippen molar-refractivity contribution >= 4 is 0 Å². The Morgan fingerprint density at radius 2 is 0.536 bits per heavy atom. The Labute approximate surface area is 751 Å². The first-order valence-corrected chi connectivity index (χ1v) is 46.8. The van der Waals surface area contributed by atoms with Crippen LogP contribution in [-0.2, 0) is 33.2 Å². The molecule has 8 unspecified atom stereocenters. The van der Waals surface area contributed by atoms with Crippen molar-refractivity contribution in [3.05, 3.63) is 210 Å². The lowest BCUT2D eigenvalue weighted by molar-refractivity contribution is -0.307. The van der Waals surface area contributed by atoms with Crippen LogP contribution in [0, 0.1) is 193 Å². The van der Waals surface area contributed by atoms with Crippen molar-refractivity contribution in [3.63, 3.8) is 0 Å². The first-order chi connectivity index (χ1) is 58.3. The van der Waals surface area contributed by atoms with Crippen molar-refractivity contribution in [3.8, 4) is 0 Å². The first-order valence-electron chi connectivity index (χ1n) is 46.8. The summed E-state index contributed by atoms with van der Waals surface area (Å²) in [5.41, 5.74) is 10.5. The molecule has 11 aliphatic rings. The Balaban J connectivity index is 0.000000348. The Morgan fingerprint density at radius 3 is 0.784 bits per heavy atom. The van der Waals surface area contributed by atoms with Crippen molar-refractivity contribution < 1.29 is 77.1 Å². The molecule has 5 aliphatic heterocycles. The van der Waals surface area contributed by atoms with Gasteiger partial charge in [-0.2, -0.15) is 8.78 Å². The third kappa shape index (κ3) is 46.1. The highest BCUT2D eigenvalue weighted by Crippen LogP contribution is 2.61. The number of benzene rings is 6. The van der Waals surface area contributed by atoms with Gasteiger partial charge in [-0.25, -0.2) is 35.1 Å². The predicted octanol–water partition coefficient (Wildman–Crippen LogP) is 31.8. The molecule has 5 saturated heterocycles. The van der Waals surface area contributed by atoms with Gasteiger partial charge in [-0.15, -0.1) is 0 Å². The minimum absolute atomic E-state index is 0.0196. The highest BCUT2D eigenvalue weighted by atomic mass is 19.3. The highest BCUT2D eigenvalue weighted by molar-refractivity contribution is 5.27. The molecule has 0 radical (unpaired) electrons. The van der Waals surface area contributed by atoms with Crippen molar-refractivity contribution in [2.24, 2.45) is 63.6 Å². The summed E-state index contributed by atoms with van der Waals surface area (Å²) in [6, 6.07) is 27.3. The van der Waals surface area contributed by atoms with E-state index in [4.69, 9.17) is 28.4 Å². The predicted molar refractivity (Wildman–Crippen MR) is 498 cm³/mol. The molecule has 125 heavy (non-hydrogen) atoms.